The normalized spacial score (nSPS) is 11.1. The molecule has 0 spiro atoms. The summed E-state index contributed by atoms with van der Waals surface area (Å²) in [4.78, 5) is 0. The Morgan fingerprint density at radius 1 is 1.21 bits per heavy atom. The van der Waals surface area contributed by atoms with Crippen LogP contribution in [0.4, 0.5) is 0 Å². The smallest absolute Gasteiger partial charge is 0.0215 e. The molecule has 0 saturated heterocycles. The van der Waals surface area contributed by atoms with E-state index in [2.05, 4.69) is 60.1 Å². The number of alkyl halides is 1. The van der Waals surface area contributed by atoms with Gasteiger partial charge in [-0.15, -0.1) is 0 Å². The Morgan fingerprint density at radius 2 is 2.00 bits per heavy atom. The van der Waals surface area contributed by atoms with Crippen molar-refractivity contribution in [2.45, 2.75) is 26.7 Å². The topological polar surface area (TPSA) is 0 Å². The van der Waals surface area contributed by atoms with E-state index in [-0.39, 0.29) is 0 Å². The fraction of sp³-hybridized carbons (Fsp3) is 0.385. The van der Waals surface area contributed by atoms with Crippen molar-refractivity contribution in [1.82, 2.24) is 0 Å². The van der Waals surface area contributed by atoms with E-state index in [0.717, 1.165) is 18.2 Å². The number of benzene rings is 1. The van der Waals surface area contributed by atoms with Gasteiger partial charge in [0.25, 0.3) is 0 Å². The summed E-state index contributed by atoms with van der Waals surface area (Å²) < 4.78 is 0. The molecule has 14 heavy (non-hydrogen) atoms. The Hall–Kier alpha value is -0.560. The second-order valence-corrected chi connectivity index (χ2v) is 3.90. The highest BCUT2D eigenvalue weighted by molar-refractivity contribution is 9.09. The highest BCUT2D eigenvalue weighted by Gasteiger charge is 2.01. The third-order valence-corrected chi connectivity index (χ3v) is 2.80. The predicted octanol–water partition coefficient (Wildman–Crippen LogP) is 4.22. The van der Waals surface area contributed by atoms with Gasteiger partial charge in [-0.25, -0.2) is 0 Å². The van der Waals surface area contributed by atoms with Crippen LogP contribution in [0.5, 0.6) is 0 Å². The molecular weight excluding hydrogens is 236 g/mol. The number of aryl methyl sites for hydroxylation is 1. The molecule has 0 amide bonds. The van der Waals surface area contributed by atoms with E-state index in [4.69, 9.17) is 0 Å². The van der Waals surface area contributed by atoms with Gasteiger partial charge in [-0.2, -0.15) is 0 Å². The van der Waals surface area contributed by atoms with Crippen LogP contribution in [-0.2, 0) is 12.8 Å². The molecule has 0 aliphatic heterocycles. The van der Waals surface area contributed by atoms with Crippen LogP contribution in [0.25, 0.3) is 6.08 Å². The van der Waals surface area contributed by atoms with Gasteiger partial charge in [0.1, 0.15) is 0 Å². The molecule has 0 aliphatic carbocycles. The summed E-state index contributed by atoms with van der Waals surface area (Å²) in [5, 5.41) is 0.923. The zero-order chi connectivity index (χ0) is 10.4. The van der Waals surface area contributed by atoms with E-state index >= 15 is 0 Å². The molecule has 1 heteroatoms. The lowest BCUT2D eigenvalue weighted by atomic mass is 9.97. The van der Waals surface area contributed by atoms with Crippen molar-refractivity contribution in [2.75, 3.05) is 5.33 Å². The van der Waals surface area contributed by atoms with Crippen molar-refractivity contribution in [3.8, 4) is 0 Å². The number of hydrogen-bond acceptors (Lipinski definition) is 0. The van der Waals surface area contributed by atoms with Crippen molar-refractivity contribution in [3.63, 3.8) is 0 Å². The highest BCUT2D eigenvalue weighted by Crippen LogP contribution is 2.17. The zero-order valence-electron chi connectivity index (χ0n) is 8.89. The molecule has 0 radical (unpaired) electrons. The van der Waals surface area contributed by atoms with Gasteiger partial charge in [0.2, 0.25) is 0 Å². The first kappa shape index (κ1) is 11.5. The van der Waals surface area contributed by atoms with Crippen LogP contribution in [0.2, 0.25) is 0 Å². The van der Waals surface area contributed by atoms with E-state index in [1.54, 1.807) is 0 Å². The van der Waals surface area contributed by atoms with Gasteiger partial charge >= 0.3 is 0 Å². The average molecular weight is 253 g/mol. The average Bonchev–Trinajstić information content (AvgIpc) is 2.25. The summed E-state index contributed by atoms with van der Waals surface area (Å²) in [6.07, 6.45) is 6.59. The first-order valence-corrected chi connectivity index (χ1v) is 6.28. The maximum absolute atomic E-state index is 3.40. The molecule has 0 unspecified atom stereocenters. The Kier molecular flexibility index (Phi) is 4.95. The monoisotopic (exact) mass is 252 g/mol. The summed E-state index contributed by atoms with van der Waals surface area (Å²) in [5.41, 5.74) is 4.34. The van der Waals surface area contributed by atoms with Crippen molar-refractivity contribution < 1.29 is 0 Å². The van der Waals surface area contributed by atoms with Crippen molar-refractivity contribution in [1.29, 1.82) is 0 Å². The standard InChI is InChI=1S/C13H17Br/c1-3-11-7-5-8-12(9-6-10-14)13(11)4-2/h5-9H,3-4,10H2,1-2H3. The SMILES string of the molecule is CCc1cccc(C=CCBr)c1CC. The molecule has 0 atom stereocenters. The summed E-state index contributed by atoms with van der Waals surface area (Å²) in [6, 6.07) is 6.56. The van der Waals surface area contributed by atoms with Crippen LogP contribution in [-0.4, -0.2) is 5.33 Å². The number of allylic oxidation sites excluding steroid dienone is 1. The summed E-state index contributed by atoms with van der Waals surface area (Å²) in [5.74, 6) is 0. The van der Waals surface area contributed by atoms with Gasteiger partial charge in [-0.1, -0.05) is 60.1 Å². The summed E-state index contributed by atoms with van der Waals surface area (Å²) >= 11 is 3.40. The molecule has 1 aromatic carbocycles. The highest BCUT2D eigenvalue weighted by atomic mass is 79.9. The second kappa shape index (κ2) is 6.02. The Balaban J connectivity index is 3.08. The summed E-state index contributed by atoms with van der Waals surface area (Å²) in [7, 11) is 0. The predicted molar refractivity (Wildman–Crippen MR) is 68.0 cm³/mol. The Bertz CT molecular complexity index is 313. The van der Waals surface area contributed by atoms with Gasteiger partial charge in [0.15, 0.2) is 0 Å². The van der Waals surface area contributed by atoms with Crippen LogP contribution in [0, 0.1) is 0 Å². The zero-order valence-corrected chi connectivity index (χ0v) is 10.5. The fourth-order valence-electron chi connectivity index (χ4n) is 1.74. The molecule has 0 bridgehead atoms. The molecular formula is C13H17Br. The molecule has 0 fully saturated rings. The largest absolute Gasteiger partial charge is 0.0883 e. The molecule has 0 N–H and O–H groups in total. The van der Waals surface area contributed by atoms with Crippen LogP contribution >= 0.6 is 15.9 Å². The third kappa shape index (κ3) is 2.71. The molecule has 0 aromatic heterocycles. The number of halogens is 1. The van der Waals surface area contributed by atoms with Crippen LogP contribution in [0.15, 0.2) is 24.3 Å². The first-order chi connectivity index (χ1) is 6.83. The van der Waals surface area contributed by atoms with E-state index in [1.807, 2.05) is 0 Å². The minimum absolute atomic E-state index is 0.923. The number of rotatable bonds is 4. The van der Waals surface area contributed by atoms with Crippen molar-refractivity contribution in [2.24, 2.45) is 0 Å². The lowest BCUT2D eigenvalue weighted by Crippen LogP contribution is -1.94. The fourth-order valence-corrected chi connectivity index (χ4v) is 1.93. The molecule has 0 nitrogen and oxygen atoms in total. The van der Waals surface area contributed by atoms with Gasteiger partial charge in [0.05, 0.1) is 0 Å². The van der Waals surface area contributed by atoms with E-state index in [1.165, 1.54) is 16.7 Å². The lowest BCUT2D eigenvalue weighted by molar-refractivity contribution is 1.03. The lowest BCUT2D eigenvalue weighted by Gasteiger charge is -2.09. The Labute approximate surface area is 95.2 Å². The first-order valence-electron chi connectivity index (χ1n) is 5.16. The van der Waals surface area contributed by atoms with Gasteiger partial charge in [-0.05, 0) is 29.5 Å². The third-order valence-electron chi connectivity index (χ3n) is 2.43. The van der Waals surface area contributed by atoms with Crippen LogP contribution < -0.4 is 0 Å². The molecule has 0 aliphatic rings. The maximum Gasteiger partial charge on any atom is 0.0215 e. The van der Waals surface area contributed by atoms with Gasteiger partial charge in [-0.3, -0.25) is 0 Å². The molecule has 1 rings (SSSR count). The molecule has 0 heterocycles. The molecule has 0 saturated carbocycles. The van der Waals surface area contributed by atoms with E-state index in [9.17, 15) is 0 Å². The van der Waals surface area contributed by atoms with Crippen LogP contribution in [0.1, 0.15) is 30.5 Å². The van der Waals surface area contributed by atoms with Crippen molar-refractivity contribution >= 4 is 22.0 Å². The second-order valence-electron chi connectivity index (χ2n) is 3.25. The van der Waals surface area contributed by atoms with Crippen molar-refractivity contribution in [3.05, 3.63) is 41.0 Å². The van der Waals surface area contributed by atoms with Gasteiger partial charge < -0.3 is 0 Å². The minimum atomic E-state index is 0.923. The quantitative estimate of drug-likeness (QED) is 0.705. The van der Waals surface area contributed by atoms with E-state index in [0.29, 0.717) is 0 Å². The summed E-state index contributed by atoms with van der Waals surface area (Å²) in [6.45, 7) is 4.44. The molecule has 76 valence electrons. The minimum Gasteiger partial charge on any atom is -0.0883 e. The Morgan fingerprint density at radius 3 is 2.57 bits per heavy atom. The van der Waals surface area contributed by atoms with Crippen LogP contribution in [0.3, 0.4) is 0 Å². The van der Waals surface area contributed by atoms with Gasteiger partial charge in [0, 0.05) is 5.33 Å². The van der Waals surface area contributed by atoms with E-state index < -0.39 is 0 Å². The molecule has 1 aromatic rings. The number of hydrogen-bond donors (Lipinski definition) is 0. The maximum atomic E-state index is 3.40.